The van der Waals surface area contributed by atoms with Crippen LogP contribution in [0.1, 0.15) is 33.9 Å². The average Bonchev–Trinajstić information content (AvgIpc) is 3.38. The van der Waals surface area contributed by atoms with E-state index in [1.54, 1.807) is 29.2 Å². The number of carbonyl (C=O) groups excluding carboxylic acids is 2. The lowest BCUT2D eigenvalue weighted by molar-refractivity contribution is -0.121. The molecule has 3 rings (SSSR count). The molecule has 2 aromatic heterocycles. The molecule has 0 radical (unpaired) electrons. The molecule has 1 amide bonds. The molecule has 2 heterocycles. The van der Waals surface area contributed by atoms with Crippen molar-refractivity contribution in [3.63, 3.8) is 0 Å². The molecule has 8 heteroatoms. The normalized spacial score (nSPS) is 10.4. The van der Waals surface area contributed by atoms with Gasteiger partial charge in [-0.25, -0.2) is 4.79 Å². The minimum Gasteiger partial charge on any atom is -0.452 e. The molecular formula is C22H22N4O4. The molecule has 0 unspecified atom stereocenters. The van der Waals surface area contributed by atoms with Gasteiger partial charge in [-0.15, -0.1) is 0 Å². The van der Waals surface area contributed by atoms with Crippen LogP contribution in [0.3, 0.4) is 0 Å². The highest BCUT2D eigenvalue weighted by molar-refractivity contribution is 5.96. The lowest BCUT2D eigenvalue weighted by Crippen LogP contribution is -2.35. The van der Waals surface area contributed by atoms with Crippen LogP contribution in [0, 0.1) is 25.2 Å². The van der Waals surface area contributed by atoms with Crippen LogP contribution in [-0.4, -0.2) is 34.8 Å². The molecular weight excluding hydrogens is 384 g/mol. The Bertz CT molecular complexity index is 1040. The smallest absolute Gasteiger partial charge is 0.374 e. The second kappa shape index (κ2) is 9.56. The lowest BCUT2D eigenvalue weighted by Gasteiger charge is -2.22. The molecule has 0 saturated carbocycles. The van der Waals surface area contributed by atoms with Crippen LogP contribution >= 0.6 is 0 Å². The Balaban J connectivity index is 1.63. The van der Waals surface area contributed by atoms with E-state index < -0.39 is 18.5 Å². The lowest BCUT2D eigenvalue weighted by atomic mass is 10.1. The first-order chi connectivity index (χ1) is 14.5. The summed E-state index contributed by atoms with van der Waals surface area (Å²) >= 11 is 0. The number of nitriles is 1. The number of anilines is 1. The van der Waals surface area contributed by atoms with E-state index in [2.05, 4.69) is 5.10 Å². The van der Waals surface area contributed by atoms with Crippen molar-refractivity contribution < 1.29 is 18.7 Å². The second-order valence-corrected chi connectivity index (χ2v) is 6.85. The van der Waals surface area contributed by atoms with Crippen molar-refractivity contribution in [1.29, 1.82) is 5.26 Å². The van der Waals surface area contributed by atoms with Crippen LogP contribution in [-0.2, 0) is 16.1 Å². The molecule has 0 aliphatic carbocycles. The summed E-state index contributed by atoms with van der Waals surface area (Å²) in [5.74, 6) is -0.578. The number of amides is 1. The number of carbonyl (C=O) groups is 2. The molecule has 0 spiro atoms. The zero-order valence-electron chi connectivity index (χ0n) is 16.9. The van der Waals surface area contributed by atoms with Crippen molar-refractivity contribution in [2.75, 3.05) is 18.1 Å². The number of aryl methyl sites for hydroxylation is 2. The maximum absolute atomic E-state index is 12.7. The van der Waals surface area contributed by atoms with E-state index in [1.807, 2.05) is 38.1 Å². The van der Waals surface area contributed by atoms with E-state index >= 15 is 0 Å². The summed E-state index contributed by atoms with van der Waals surface area (Å²) < 4.78 is 12.3. The fraction of sp³-hybridized carbons (Fsp3) is 0.273. The van der Waals surface area contributed by atoms with Gasteiger partial charge in [-0.1, -0.05) is 6.07 Å². The summed E-state index contributed by atoms with van der Waals surface area (Å²) in [7, 11) is 0. The monoisotopic (exact) mass is 406 g/mol. The largest absolute Gasteiger partial charge is 0.452 e. The van der Waals surface area contributed by atoms with E-state index in [1.165, 1.54) is 11.0 Å². The van der Waals surface area contributed by atoms with Crippen LogP contribution in [0.15, 0.2) is 53.2 Å². The molecule has 8 nitrogen and oxygen atoms in total. The summed E-state index contributed by atoms with van der Waals surface area (Å²) in [4.78, 5) is 26.5. The first-order valence-electron chi connectivity index (χ1n) is 9.45. The molecule has 154 valence electrons. The molecule has 0 aliphatic heterocycles. The molecule has 0 aliphatic rings. The van der Waals surface area contributed by atoms with Crippen molar-refractivity contribution in [2.24, 2.45) is 0 Å². The Morgan fingerprint density at radius 1 is 1.23 bits per heavy atom. The summed E-state index contributed by atoms with van der Waals surface area (Å²) in [5, 5.41) is 13.0. The Labute approximate surface area is 174 Å². The third kappa shape index (κ3) is 5.35. The van der Waals surface area contributed by atoms with Gasteiger partial charge in [0, 0.05) is 24.6 Å². The van der Waals surface area contributed by atoms with E-state index in [-0.39, 0.29) is 18.7 Å². The number of esters is 1. The SMILES string of the molecule is Cc1cc(C)cc(N(CCC#N)C(=O)COC(=O)c2ccc(Cn3cccn3)o2)c1. The molecule has 1 aromatic carbocycles. The Morgan fingerprint density at radius 2 is 2.00 bits per heavy atom. The predicted molar refractivity (Wildman–Crippen MR) is 109 cm³/mol. The van der Waals surface area contributed by atoms with Gasteiger partial charge in [0.05, 0.1) is 19.0 Å². The van der Waals surface area contributed by atoms with E-state index in [4.69, 9.17) is 14.4 Å². The summed E-state index contributed by atoms with van der Waals surface area (Å²) in [6.45, 7) is 4.01. The zero-order valence-corrected chi connectivity index (χ0v) is 16.9. The molecule has 0 saturated heterocycles. The van der Waals surface area contributed by atoms with Gasteiger partial charge in [-0.05, 0) is 55.3 Å². The van der Waals surface area contributed by atoms with Crippen LogP contribution in [0.5, 0.6) is 0 Å². The second-order valence-electron chi connectivity index (χ2n) is 6.85. The van der Waals surface area contributed by atoms with Crippen molar-refractivity contribution in [3.05, 3.63) is 71.4 Å². The molecule has 3 aromatic rings. The third-order valence-corrected chi connectivity index (χ3v) is 4.33. The first-order valence-corrected chi connectivity index (χ1v) is 9.45. The number of nitrogens with zero attached hydrogens (tertiary/aromatic N) is 4. The number of ether oxygens (including phenoxy) is 1. The van der Waals surface area contributed by atoms with Gasteiger partial charge in [0.2, 0.25) is 5.76 Å². The van der Waals surface area contributed by atoms with Gasteiger partial charge >= 0.3 is 5.97 Å². The van der Waals surface area contributed by atoms with Gasteiger partial charge in [-0.3, -0.25) is 9.48 Å². The van der Waals surface area contributed by atoms with E-state index in [0.29, 0.717) is 18.0 Å². The molecule has 0 fully saturated rings. The molecule has 0 bridgehead atoms. The van der Waals surface area contributed by atoms with Crippen molar-refractivity contribution in [2.45, 2.75) is 26.8 Å². The maximum atomic E-state index is 12.7. The highest BCUT2D eigenvalue weighted by atomic mass is 16.5. The maximum Gasteiger partial charge on any atom is 0.374 e. The van der Waals surface area contributed by atoms with Crippen LogP contribution < -0.4 is 4.90 Å². The highest BCUT2D eigenvalue weighted by Gasteiger charge is 2.20. The quantitative estimate of drug-likeness (QED) is 0.532. The molecule has 0 N–H and O–H groups in total. The number of rotatable bonds is 8. The average molecular weight is 406 g/mol. The van der Waals surface area contributed by atoms with Gasteiger partial charge in [-0.2, -0.15) is 10.4 Å². The Hall–Kier alpha value is -3.86. The topological polar surface area (TPSA) is 101 Å². The van der Waals surface area contributed by atoms with Gasteiger partial charge in [0.15, 0.2) is 6.61 Å². The first kappa shape index (κ1) is 20.9. The zero-order chi connectivity index (χ0) is 21.5. The van der Waals surface area contributed by atoms with E-state index in [0.717, 1.165) is 11.1 Å². The summed E-state index contributed by atoms with van der Waals surface area (Å²) in [5.41, 5.74) is 2.66. The van der Waals surface area contributed by atoms with Crippen LogP contribution in [0.25, 0.3) is 0 Å². The van der Waals surface area contributed by atoms with Gasteiger partial charge in [0.25, 0.3) is 5.91 Å². The minimum absolute atomic E-state index is 0.0138. The number of hydrogen-bond donors (Lipinski definition) is 0. The molecule has 30 heavy (non-hydrogen) atoms. The summed E-state index contributed by atoms with van der Waals surface area (Å²) in [6.07, 6.45) is 3.60. The fourth-order valence-electron chi connectivity index (χ4n) is 3.07. The van der Waals surface area contributed by atoms with Gasteiger partial charge in [0.1, 0.15) is 5.76 Å². The third-order valence-electron chi connectivity index (χ3n) is 4.33. The number of benzene rings is 1. The number of aromatic nitrogens is 2. The number of hydrogen-bond acceptors (Lipinski definition) is 6. The fourth-order valence-corrected chi connectivity index (χ4v) is 3.07. The number of furan rings is 1. The standard InChI is InChI=1S/C22H22N4O4/c1-16-11-17(2)13-18(12-16)26(10-3-7-23)21(27)15-29-22(28)20-6-5-19(30-20)14-25-9-4-8-24-25/h4-6,8-9,11-13H,3,10,14-15H2,1-2H3. The van der Waals surface area contributed by atoms with Crippen molar-refractivity contribution in [1.82, 2.24) is 9.78 Å². The Morgan fingerprint density at radius 3 is 2.67 bits per heavy atom. The van der Waals surface area contributed by atoms with Crippen LogP contribution in [0.2, 0.25) is 0 Å². The van der Waals surface area contributed by atoms with Gasteiger partial charge < -0.3 is 14.1 Å². The van der Waals surface area contributed by atoms with E-state index in [9.17, 15) is 9.59 Å². The predicted octanol–water partition coefficient (Wildman–Crippen LogP) is 3.24. The Kier molecular flexibility index (Phi) is 6.65. The van der Waals surface area contributed by atoms with Crippen molar-refractivity contribution in [3.8, 4) is 6.07 Å². The summed E-state index contributed by atoms with van der Waals surface area (Å²) in [6, 6.07) is 12.7. The minimum atomic E-state index is -0.726. The molecule has 0 atom stereocenters. The highest BCUT2D eigenvalue weighted by Crippen LogP contribution is 2.20. The van der Waals surface area contributed by atoms with Crippen LogP contribution in [0.4, 0.5) is 5.69 Å². The van der Waals surface area contributed by atoms with Crippen molar-refractivity contribution >= 4 is 17.6 Å².